The second-order valence-corrected chi connectivity index (χ2v) is 5.94. The molecule has 0 bridgehead atoms. The van der Waals surface area contributed by atoms with Gasteiger partial charge in [0, 0.05) is 32.4 Å². The van der Waals surface area contributed by atoms with Crippen LogP contribution in [-0.4, -0.2) is 64.6 Å². The van der Waals surface area contributed by atoms with Crippen molar-refractivity contribution in [2.75, 3.05) is 37.7 Å². The number of aromatic nitrogens is 3. The fourth-order valence-corrected chi connectivity index (χ4v) is 2.70. The third-order valence-corrected chi connectivity index (χ3v) is 4.16. The van der Waals surface area contributed by atoms with Crippen molar-refractivity contribution in [1.29, 1.82) is 0 Å². The van der Waals surface area contributed by atoms with Crippen molar-refractivity contribution in [2.45, 2.75) is 13.5 Å². The highest BCUT2D eigenvalue weighted by molar-refractivity contribution is 5.91. The van der Waals surface area contributed by atoms with E-state index in [1.807, 2.05) is 23.1 Å². The molecule has 1 fully saturated rings. The highest BCUT2D eigenvalue weighted by Crippen LogP contribution is 2.13. The first-order valence-electron chi connectivity index (χ1n) is 8.84. The number of hydrogen-bond donors (Lipinski definition) is 1. The first-order chi connectivity index (χ1) is 13.2. The van der Waals surface area contributed by atoms with Gasteiger partial charge in [0.05, 0.1) is 31.2 Å². The SMILES string of the molecule is CCOC(=O)N1CCN(c2cnc(C(=O)NCc3ccccn3)cn2)CC1. The Morgan fingerprint density at radius 3 is 2.56 bits per heavy atom. The van der Waals surface area contributed by atoms with Gasteiger partial charge in [-0.3, -0.25) is 9.78 Å². The molecule has 142 valence electrons. The van der Waals surface area contributed by atoms with Crippen LogP contribution in [0.25, 0.3) is 0 Å². The third kappa shape index (κ3) is 4.90. The van der Waals surface area contributed by atoms with Crippen LogP contribution in [-0.2, 0) is 11.3 Å². The van der Waals surface area contributed by atoms with Crippen LogP contribution >= 0.6 is 0 Å². The van der Waals surface area contributed by atoms with Gasteiger partial charge in [-0.15, -0.1) is 0 Å². The Balaban J connectivity index is 1.51. The number of amides is 2. The zero-order valence-electron chi connectivity index (χ0n) is 15.2. The first kappa shape index (κ1) is 18.6. The number of anilines is 1. The molecule has 1 aliphatic heterocycles. The van der Waals surface area contributed by atoms with Gasteiger partial charge in [-0.05, 0) is 19.1 Å². The largest absolute Gasteiger partial charge is 0.450 e. The molecule has 1 N–H and O–H groups in total. The molecule has 2 amide bonds. The van der Waals surface area contributed by atoms with Crippen LogP contribution in [0.5, 0.6) is 0 Å². The Hall–Kier alpha value is -3.23. The van der Waals surface area contributed by atoms with Gasteiger partial charge in [0.1, 0.15) is 11.5 Å². The van der Waals surface area contributed by atoms with E-state index in [0.717, 1.165) is 5.69 Å². The highest BCUT2D eigenvalue weighted by Gasteiger charge is 2.23. The Morgan fingerprint density at radius 1 is 1.11 bits per heavy atom. The maximum absolute atomic E-state index is 12.2. The smallest absolute Gasteiger partial charge is 0.409 e. The van der Waals surface area contributed by atoms with E-state index in [1.165, 1.54) is 6.20 Å². The summed E-state index contributed by atoms with van der Waals surface area (Å²) >= 11 is 0. The van der Waals surface area contributed by atoms with Crippen LogP contribution < -0.4 is 10.2 Å². The minimum absolute atomic E-state index is 0.250. The molecule has 27 heavy (non-hydrogen) atoms. The zero-order chi connectivity index (χ0) is 19.1. The molecule has 2 aromatic heterocycles. The number of piperazine rings is 1. The number of nitrogens with zero attached hydrogens (tertiary/aromatic N) is 5. The number of ether oxygens (including phenoxy) is 1. The number of nitrogens with one attached hydrogen (secondary N) is 1. The maximum Gasteiger partial charge on any atom is 0.409 e. The van der Waals surface area contributed by atoms with Gasteiger partial charge in [-0.25, -0.2) is 14.8 Å². The highest BCUT2D eigenvalue weighted by atomic mass is 16.6. The minimum atomic E-state index is -0.299. The van der Waals surface area contributed by atoms with Crippen molar-refractivity contribution >= 4 is 17.8 Å². The van der Waals surface area contributed by atoms with Gasteiger partial charge in [0.2, 0.25) is 0 Å². The van der Waals surface area contributed by atoms with E-state index in [2.05, 4.69) is 20.3 Å². The molecule has 0 atom stereocenters. The summed E-state index contributed by atoms with van der Waals surface area (Å²) in [6, 6.07) is 5.53. The lowest BCUT2D eigenvalue weighted by Crippen LogP contribution is -2.49. The minimum Gasteiger partial charge on any atom is -0.450 e. The molecular weight excluding hydrogens is 348 g/mol. The number of carbonyl (C=O) groups excluding carboxylic acids is 2. The summed E-state index contributed by atoms with van der Waals surface area (Å²) < 4.78 is 5.01. The van der Waals surface area contributed by atoms with Gasteiger partial charge in [-0.2, -0.15) is 0 Å². The molecule has 0 aromatic carbocycles. The van der Waals surface area contributed by atoms with Crippen LogP contribution in [0.3, 0.4) is 0 Å². The summed E-state index contributed by atoms with van der Waals surface area (Å²) in [5, 5.41) is 2.77. The standard InChI is InChI=1S/C18H22N6O3/c1-2-27-18(26)24-9-7-23(8-10-24)16-13-20-15(12-21-16)17(25)22-11-14-5-3-4-6-19-14/h3-6,12-13H,2,7-11H2,1H3,(H,22,25). The second kappa shape index (κ2) is 8.93. The van der Waals surface area contributed by atoms with Crippen LogP contribution in [0, 0.1) is 0 Å². The summed E-state index contributed by atoms with van der Waals surface area (Å²) in [6.45, 7) is 4.89. The number of hydrogen-bond acceptors (Lipinski definition) is 7. The lowest BCUT2D eigenvalue weighted by Gasteiger charge is -2.34. The van der Waals surface area contributed by atoms with Crippen LogP contribution in [0.2, 0.25) is 0 Å². The summed E-state index contributed by atoms with van der Waals surface area (Å²) in [5.41, 5.74) is 1.02. The molecule has 3 rings (SSSR count). The fourth-order valence-electron chi connectivity index (χ4n) is 2.70. The molecular formula is C18H22N6O3. The van der Waals surface area contributed by atoms with E-state index in [0.29, 0.717) is 45.1 Å². The van der Waals surface area contributed by atoms with Crippen molar-refractivity contribution in [3.05, 3.63) is 48.2 Å². The summed E-state index contributed by atoms with van der Waals surface area (Å²) in [7, 11) is 0. The molecule has 0 radical (unpaired) electrons. The van der Waals surface area contributed by atoms with Gasteiger partial charge in [0.25, 0.3) is 5.91 Å². The van der Waals surface area contributed by atoms with Crippen LogP contribution in [0.4, 0.5) is 10.6 Å². The Kier molecular flexibility index (Phi) is 6.14. The molecule has 0 unspecified atom stereocenters. The van der Waals surface area contributed by atoms with E-state index in [1.54, 1.807) is 24.2 Å². The fraction of sp³-hybridized carbons (Fsp3) is 0.389. The quantitative estimate of drug-likeness (QED) is 0.840. The van der Waals surface area contributed by atoms with Crippen LogP contribution in [0.1, 0.15) is 23.1 Å². The molecule has 3 heterocycles. The predicted octanol–water partition coefficient (Wildman–Crippen LogP) is 1.08. The van der Waals surface area contributed by atoms with E-state index in [9.17, 15) is 9.59 Å². The monoisotopic (exact) mass is 370 g/mol. The molecule has 1 saturated heterocycles. The van der Waals surface area contributed by atoms with Gasteiger partial charge >= 0.3 is 6.09 Å². The number of rotatable bonds is 5. The lowest BCUT2D eigenvalue weighted by atomic mass is 10.3. The van der Waals surface area contributed by atoms with Gasteiger partial charge in [-0.1, -0.05) is 6.07 Å². The Bertz CT molecular complexity index is 760. The lowest BCUT2D eigenvalue weighted by molar-refractivity contribution is 0.0944. The Labute approximate surface area is 157 Å². The van der Waals surface area contributed by atoms with Crippen molar-refractivity contribution in [2.24, 2.45) is 0 Å². The third-order valence-electron chi connectivity index (χ3n) is 4.16. The molecule has 9 nitrogen and oxygen atoms in total. The van der Waals surface area contributed by atoms with Crippen molar-refractivity contribution in [1.82, 2.24) is 25.2 Å². The van der Waals surface area contributed by atoms with Crippen molar-refractivity contribution < 1.29 is 14.3 Å². The molecule has 0 saturated carbocycles. The van der Waals surface area contributed by atoms with E-state index < -0.39 is 0 Å². The van der Waals surface area contributed by atoms with Crippen molar-refractivity contribution in [3.8, 4) is 0 Å². The molecule has 2 aromatic rings. The first-order valence-corrected chi connectivity index (χ1v) is 8.84. The topological polar surface area (TPSA) is 101 Å². The van der Waals surface area contributed by atoms with Gasteiger partial charge < -0.3 is 19.9 Å². The number of carbonyl (C=O) groups is 2. The average molecular weight is 370 g/mol. The van der Waals surface area contributed by atoms with Gasteiger partial charge in [0.15, 0.2) is 0 Å². The predicted molar refractivity (Wildman–Crippen MR) is 98.2 cm³/mol. The van der Waals surface area contributed by atoms with E-state index in [4.69, 9.17) is 4.74 Å². The summed E-state index contributed by atoms with van der Waals surface area (Å²) in [5.74, 6) is 0.381. The van der Waals surface area contributed by atoms with E-state index in [-0.39, 0.29) is 17.7 Å². The molecule has 9 heteroatoms. The normalized spacial score (nSPS) is 14.0. The summed E-state index contributed by atoms with van der Waals surface area (Å²) in [4.78, 5) is 40.3. The van der Waals surface area contributed by atoms with Crippen LogP contribution in [0.15, 0.2) is 36.8 Å². The van der Waals surface area contributed by atoms with Crippen molar-refractivity contribution in [3.63, 3.8) is 0 Å². The maximum atomic E-state index is 12.2. The molecule has 0 spiro atoms. The van der Waals surface area contributed by atoms with E-state index >= 15 is 0 Å². The Morgan fingerprint density at radius 2 is 1.93 bits per heavy atom. The molecule has 0 aliphatic carbocycles. The summed E-state index contributed by atoms with van der Waals surface area (Å²) in [6.07, 6.45) is 4.43. The second-order valence-electron chi connectivity index (χ2n) is 5.94. The molecule has 1 aliphatic rings. The average Bonchev–Trinajstić information content (AvgIpc) is 2.73. The zero-order valence-corrected chi connectivity index (χ0v) is 15.2. The number of pyridine rings is 1.